The Hall–Kier alpha value is -2.07. The number of anilines is 1. The largest absolute Gasteiger partial charge is 0.321 e. The van der Waals surface area contributed by atoms with E-state index in [1.165, 1.54) is 6.20 Å². The molecule has 3 rings (SSSR count). The van der Waals surface area contributed by atoms with Crippen LogP contribution in [-0.2, 0) is 0 Å². The summed E-state index contributed by atoms with van der Waals surface area (Å²) in [4.78, 5) is 16.4. The van der Waals surface area contributed by atoms with Gasteiger partial charge in [0.05, 0.1) is 15.6 Å². The Labute approximate surface area is 154 Å². The second-order valence-electron chi connectivity index (χ2n) is 4.97. The van der Waals surface area contributed by atoms with Gasteiger partial charge in [-0.1, -0.05) is 59.1 Å². The van der Waals surface area contributed by atoms with Crippen molar-refractivity contribution in [3.8, 4) is 11.1 Å². The molecule has 0 spiro atoms. The number of aromatic nitrogens is 1. The first-order valence-corrected chi connectivity index (χ1v) is 8.16. The van der Waals surface area contributed by atoms with Crippen LogP contribution in [-0.4, -0.2) is 10.9 Å². The maximum absolute atomic E-state index is 12.5. The van der Waals surface area contributed by atoms with E-state index in [0.717, 1.165) is 11.1 Å². The Balaban J connectivity index is 1.96. The number of carbonyl (C=O) groups is 1. The van der Waals surface area contributed by atoms with Crippen molar-refractivity contribution in [3.05, 3.63) is 81.6 Å². The monoisotopic (exact) mass is 376 g/mol. The summed E-state index contributed by atoms with van der Waals surface area (Å²) in [5, 5.41) is 3.94. The number of carbonyl (C=O) groups excluding carboxylic acids is 1. The molecule has 1 heterocycles. The van der Waals surface area contributed by atoms with Gasteiger partial charge in [0.1, 0.15) is 5.15 Å². The summed E-state index contributed by atoms with van der Waals surface area (Å²) in [6.07, 6.45) is 1.53. The van der Waals surface area contributed by atoms with Gasteiger partial charge in [0.15, 0.2) is 0 Å². The molecule has 120 valence electrons. The Morgan fingerprint density at radius 2 is 1.71 bits per heavy atom. The number of benzene rings is 2. The third kappa shape index (κ3) is 3.54. The number of nitrogens with zero attached hydrogens (tertiary/aromatic N) is 1. The Morgan fingerprint density at radius 3 is 2.46 bits per heavy atom. The van der Waals surface area contributed by atoms with Gasteiger partial charge in [0.25, 0.3) is 5.91 Å². The summed E-state index contributed by atoms with van der Waals surface area (Å²) in [5.41, 5.74) is 2.62. The molecular weight excluding hydrogens is 367 g/mol. The van der Waals surface area contributed by atoms with Crippen molar-refractivity contribution in [2.75, 3.05) is 5.32 Å². The average Bonchev–Trinajstić information content (AvgIpc) is 2.58. The predicted octanol–water partition coefficient (Wildman–Crippen LogP) is 5.96. The third-order valence-electron chi connectivity index (χ3n) is 3.41. The second kappa shape index (κ2) is 7.22. The van der Waals surface area contributed by atoms with Crippen LogP contribution in [0.2, 0.25) is 15.2 Å². The number of hydrogen-bond acceptors (Lipinski definition) is 2. The minimum atomic E-state index is -0.333. The van der Waals surface area contributed by atoms with E-state index in [2.05, 4.69) is 10.3 Å². The molecule has 0 saturated carbocycles. The van der Waals surface area contributed by atoms with Gasteiger partial charge in [-0.15, -0.1) is 0 Å². The minimum absolute atomic E-state index is 0.155. The summed E-state index contributed by atoms with van der Waals surface area (Å²) in [6, 6.07) is 16.0. The number of amides is 1. The smallest absolute Gasteiger partial charge is 0.258 e. The van der Waals surface area contributed by atoms with E-state index >= 15 is 0 Å². The maximum Gasteiger partial charge on any atom is 0.258 e. The Kier molecular flexibility index (Phi) is 5.05. The van der Waals surface area contributed by atoms with Gasteiger partial charge in [0, 0.05) is 17.4 Å². The molecule has 0 aliphatic carbocycles. The molecule has 24 heavy (non-hydrogen) atoms. The highest BCUT2D eigenvalue weighted by molar-refractivity contribution is 6.42. The first kappa shape index (κ1) is 16.8. The molecular formula is C18H11Cl3N2O. The summed E-state index contributed by atoms with van der Waals surface area (Å²) >= 11 is 18.0. The van der Waals surface area contributed by atoms with Crippen LogP contribution < -0.4 is 5.32 Å². The zero-order valence-electron chi connectivity index (χ0n) is 12.3. The summed E-state index contributed by atoms with van der Waals surface area (Å²) in [6.45, 7) is 0. The summed E-state index contributed by atoms with van der Waals surface area (Å²) < 4.78 is 0. The van der Waals surface area contributed by atoms with Crippen LogP contribution in [0.1, 0.15) is 10.4 Å². The molecule has 0 aliphatic rings. The standard InChI is InChI=1S/C18H11Cl3N2O/c19-14-8-7-11(10-15(14)20)12-4-1-2-6-16(12)23-18(24)13-5-3-9-22-17(13)21/h1-10H,(H,23,24). The molecule has 0 saturated heterocycles. The normalized spacial score (nSPS) is 10.5. The number of rotatable bonds is 3. The molecule has 6 heteroatoms. The maximum atomic E-state index is 12.5. The lowest BCUT2D eigenvalue weighted by atomic mass is 10.0. The molecule has 1 aromatic heterocycles. The van der Waals surface area contributed by atoms with Gasteiger partial charge in [-0.05, 0) is 35.9 Å². The molecule has 1 amide bonds. The second-order valence-corrected chi connectivity index (χ2v) is 6.14. The van der Waals surface area contributed by atoms with E-state index in [0.29, 0.717) is 21.3 Å². The molecule has 0 unspecified atom stereocenters. The van der Waals surface area contributed by atoms with Crippen molar-refractivity contribution in [2.24, 2.45) is 0 Å². The molecule has 0 fully saturated rings. The van der Waals surface area contributed by atoms with Crippen molar-refractivity contribution in [2.45, 2.75) is 0 Å². The van der Waals surface area contributed by atoms with E-state index in [4.69, 9.17) is 34.8 Å². The van der Waals surface area contributed by atoms with Crippen LogP contribution in [0.15, 0.2) is 60.8 Å². The zero-order valence-corrected chi connectivity index (χ0v) is 14.5. The quantitative estimate of drug-likeness (QED) is 0.572. The third-order valence-corrected chi connectivity index (χ3v) is 4.45. The van der Waals surface area contributed by atoms with Gasteiger partial charge in [0.2, 0.25) is 0 Å². The molecule has 0 bridgehead atoms. The molecule has 0 atom stereocenters. The van der Waals surface area contributed by atoms with Gasteiger partial charge in [-0.2, -0.15) is 0 Å². The van der Waals surface area contributed by atoms with Crippen molar-refractivity contribution in [3.63, 3.8) is 0 Å². The number of nitrogens with one attached hydrogen (secondary N) is 1. The zero-order chi connectivity index (χ0) is 17.1. The fourth-order valence-corrected chi connectivity index (χ4v) is 2.76. The molecule has 3 aromatic rings. The minimum Gasteiger partial charge on any atom is -0.321 e. The van der Waals surface area contributed by atoms with E-state index in [1.54, 1.807) is 30.3 Å². The van der Waals surface area contributed by atoms with Crippen LogP contribution in [0.4, 0.5) is 5.69 Å². The molecule has 0 radical (unpaired) electrons. The number of para-hydroxylation sites is 1. The fourth-order valence-electron chi connectivity index (χ4n) is 2.25. The van der Waals surface area contributed by atoms with Crippen molar-refractivity contribution < 1.29 is 4.79 Å². The Bertz CT molecular complexity index is 912. The average molecular weight is 378 g/mol. The molecule has 2 aromatic carbocycles. The highest BCUT2D eigenvalue weighted by Crippen LogP contribution is 2.33. The van der Waals surface area contributed by atoms with Gasteiger partial charge in [-0.25, -0.2) is 4.98 Å². The predicted molar refractivity (Wildman–Crippen MR) is 99.1 cm³/mol. The number of pyridine rings is 1. The van der Waals surface area contributed by atoms with Crippen LogP contribution in [0.25, 0.3) is 11.1 Å². The van der Waals surface area contributed by atoms with Crippen LogP contribution >= 0.6 is 34.8 Å². The summed E-state index contributed by atoms with van der Waals surface area (Å²) in [7, 11) is 0. The fraction of sp³-hybridized carbons (Fsp3) is 0. The molecule has 1 N–H and O–H groups in total. The van der Waals surface area contributed by atoms with Crippen LogP contribution in [0.5, 0.6) is 0 Å². The van der Waals surface area contributed by atoms with Crippen molar-refractivity contribution in [1.29, 1.82) is 0 Å². The lowest BCUT2D eigenvalue weighted by Crippen LogP contribution is -2.13. The Morgan fingerprint density at radius 1 is 0.917 bits per heavy atom. The lowest BCUT2D eigenvalue weighted by molar-refractivity contribution is 0.102. The molecule has 3 nitrogen and oxygen atoms in total. The SMILES string of the molecule is O=C(Nc1ccccc1-c1ccc(Cl)c(Cl)c1)c1cccnc1Cl. The molecule has 0 aliphatic heterocycles. The van der Waals surface area contributed by atoms with Gasteiger partial charge in [-0.3, -0.25) is 4.79 Å². The van der Waals surface area contributed by atoms with Crippen molar-refractivity contribution in [1.82, 2.24) is 4.98 Å². The van der Waals surface area contributed by atoms with Crippen LogP contribution in [0, 0.1) is 0 Å². The van der Waals surface area contributed by atoms with Crippen LogP contribution in [0.3, 0.4) is 0 Å². The van der Waals surface area contributed by atoms with Gasteiger partial charge < -0.3 is 5.32 Å². The van der Waals surface area contributed by atoms with E-state index in [9.17, 15) is 4.79 Å². The van der Waals surface area contributed by atoms with E-state index < -0.39 is 0 Å². The summed E-state index contributed by atoms with van der Waals surface area (Å²) in [5.74, 6) is -0.333. The first-order chi connectivity index (χ1) is 11.6. The van der Waals surface area contributed by atoms with Gasteiger partial charge >= 0.3 is 0 Å². The highest BCUT2D eigenvalue weighted by atomic mass is 35.5. The highest BCUT2D eigenvalue weighted by Gasteiger charge is 2.14. The topological polar surface area (TPSA) is 42.0 Å². The van der Waals surface area contributed by atoms with Crippen molar-refractivity contribution >= 4 is 46.4 Å². The number of hydrogen-bond donors (Lipinski definition) is 1. The van der Waals surface area contributed by atoms with E-state index in [1.807, 2.05) is 24.3 Å². The number of halogens is 3. The van der Waals surface area contributed by atoms with E-state index in [-0.39, 0.29) is 11.1 Å². The lowest BCUT2D eigenvalue weighted by Gasteiger charge is -2.12. The first-order valence-electron chi connectivity index (χ1n) is 7.02.